The van der Waals surface area contributed by atoms with Crippen LogP contribution in [0.4, 0.5) is 0 Å². The van der Waals surface area contributed by atoms with Crippen molar-refractivity contribution >= 4 is 5.91 Å². The minimum absolute atomic E-state index is 0.0335. The Kier molecular flexibility index (Phi) is 12.6. The Morgan fingerprint density at radius 1 is 0.864 bits per heavy atom. The molecule has 0 heterocycles. The number of unbranched alkanes of at least 4 members (excludes halogenated alkanes) is 8. The highest BCUT2D eigenvalue weighted by Gasteiger charge is 2.17. The summed E-state index contributed by atoms with van der Waals surface area (Å²) in [6.45, 7) is 10.7. The molecule has 0 spiro atoms. The zero-order chi connectivity index (χ0) is 16.8. The molecule has 0 radical (unpaired) electrons. The Hall–Kier alpha value is -0.570. The van der Waals surface area contributed by atoms with Crippen molar-refractivity contribution in [1.29, 1.82) is 0 Å². The molecule has 0 aromatic carbocycles. The van der Waals surface area contributed by atoms with Gasteiger partial charge >= 0.3 is 0 Å². The second-order valence-corrected chi connectivity index (χ2v) is 7.50. The Morgan fingerprint density at radius 3 is 1.82 bits per heavy atom. The van der Waals surface area contributed by atoms with Crippen LogP contribution in [0.3, 0.4) is 0 Å². The molecule has 0 fully saturated rings. The number of carbonyl (C=O) groups is 1. The summed E-state index contributed by atoms with van der Waals surface area (Å²) < 4.78 is 0. The van der Waals surface area contributed by atoms with Gasteiger partial charge in [0.05, 0.1) is 6.17 Å². The first-order chi connectivity index (χ1) is 10.4. The maximum absolute atomic E-state index is 12.0. The summed E-state index contributed by atoms with van der Waals surface area (Å²) in [5, 5.41) is 6.54. The first-order valence-corrected chi connectivity index (χ1v) is 9.46. The van der Waals surface area contributed by atoms with Gasteiger partial charge in [-0.2, -0.15) is 0 Å². The van der Waals surface area contributed by atoms with E-state index >= 15 is 0 Å². The molecule has 3 nitrogen and oxygen atoms in total. The summed E-state index contributed by atoms with van der Waals surface area (Å²) in [7, 11) is 0. The lowest BCUT2D eigenvalue weighted by molar-refractivity contribution is -0.122. The predicted molar refractivity (Wildman–Crippen MR) is 97.0 cm³/mol. The highest BCUT2D eigenvalue weighted by Crippen LogP contribution is 2.10. The highest BCUT2D eigenvalue weighted by molar-refractivity contribution is 5.76. The molecule has 0 aliphatic heterocycles. The first-order valence-electron chi connectivity index (χ1n) is 9.46. The van der Waals surface area contributed by atoms with Crippen LogP contribution >= 0.6 is 0 Å². The number of amides is 1. The number of nitrogens with one attached hydrogen (secondary N) is 2. The van der Waals surface area contributed by atoms with Crippen LogP contribution in [0.5, 0.6) is 0 Å². The van der Waals surface area contributed by atoms with E-state index in [1.165, 1.54) is 51.4 Å². The van der Waals surface area contributed by atoms with Gasteiger partial charge in [-0.25, -0.2) is 0 Å². The lowest BCUT2D eigenvalue weighted by Crippen LogP contribution is -2.52. The molecule has 1 atom stereocenters. The lowest BCUT2D eigenvalue weighted by atomic mass is 10.1. The summed E-state index contributed by atoms with van der Waals surface area (Å²) in [4.78, 5) is 12.0. The van der Waals surface area contributed by atoms with Crippen LogP contribution in [0.15, 0.2) is 0 Å². The normalized spacial score (nSPS) is 13.1. The molecule has 0 rings (SSSR count). The molecule has 0 saturated heterocycles. The van der Waals surface area contributed by atoms with Crippen molar-refractivity contribution < 1.29 is 4.79 Å². The number of rotatable bonds is 13. The number of hydrogen-bond acceptors (Lipinski definition) is 2. The summed E-state index contributed by atoms with van der Waals surface area (Å²) in [6.07, 6.45) is 13.3. The molecule has 0 saturated carbocycles. The van der Waals surface area contributed by atoms with E-state index in [1.54, 1.807) is 0 Å². The monoisotopic (exact) mass is 312 g/mol. The second-order valence-electron chi connectivity index (χ2n) is 7.50. The fourth-order valence-corrected chi connectivity index (χ4v) is 2.63. The standard InChI is InChI=1S/C19H40N2O/c1-6-8-9-10-11-12-13-14-15-16-18(22)20-17(7-2)21-19(3,4)5/h17,21H,6-16H2,1-5H3,(H,20,22). The third kappa shape index (κ3) is 14.4. The molecular weight excluding hydrogens is 272 g/mol. The van der Waals surface area contributed by atoms with E-state index in [4.69, 9.17) is 0 Å². The van der Waals surface area contributed by atoms with Gasteiger partial charge in [-0.1, -0.05) is 65.2 Å². The van der Waals surface area contributed by atoms with Crippen LogP contribution in [0.1, 0.15) is 105 Å². The van der Waals surface area contributed by atoms with E-state index in [2.05, 4.69) is 45.3 Å². The number of hydrogen-bond donors (Lipinski definition) is 2. The Bertz CT molecular complexity index is 271. The van der Waals surface area contributed by atoms with Crippen molar-refractivity contribution in [2.24, 2.45) is 0 Å². The average Bonchev–Trinajstić information content (AvgIpc) is 2.43. The molecule has 0 aromatic rings. The summed E-state index contributed by atoms with van der Waals surface area (Å²) in [6, 6.07) is 0. The van der Waals surface area contributed by atoms with Crippen LogP contribution in [-0.2, 0) is 4.79 Å². The predicted octanol–water partition coefficient (Wildman–Crippen LogP) is 5.15. The maximum Gasteiger partial charge on any atom is 0.221 e. The zero-order valence-corrected chi connectivity index (χ0v) is 15.8. The van der Waals surface area contributed by atoms with Crippen LogP contribution < -0.4 is 10.6 Å². The van der Waals surface area contributed by atoms with E-state index in [9.17, 15) is 4.79 Å². The van der Waals surface area contributed by atoms with E-state index in [0.29, 0.717) is 6.42 Å². The van der Waals surface area contributed by atoms with E-state index < -0.39 is 0 Å². The summed E-state index contributed by atoms with van der Waals surface area (Å²) in [5.74, 6) is 0.187. The fourth-order valence-electron chi connectivity index (χ4n) is 2.63. The van der Waals surface area contributed by atoms with Gasteiger partial charge in [0, 0.05) is 12.0 Å². The van der Waals surface area contributed by atoms with Gasteiger partial charge in [0.15, 0.2) is 0 Å². The van der Waals surface area contributed by atoms with Gasteiger partial charge in [0.25, 0.3) is 0 Å². The SMILES string of the molecule is CCCCCCCCCCCC(=O)NC(CC)NC(C)(C)C. The Balaban J connectivity index is 3.56. The molecule has 0 aromatic heterocycles. The highest BCUT2D eigenvalue weighted by atomic mass is 16.1. The second kappa shape index (κ2) is 12.9. The maximum atomic E-state index is 12.0. The molecule has 0 aliphatic rings. The van der Waals surface area contributed by atoms with Gasteiger partial charge in [-0.15, -0.1) is 0 Å². The van der Waals surface area contributed by atoms with Crippen LogP contribution in [-0.4, -0.2) is 17.6 Å². The zero-order valence-electron chi connectivity index (χ0n) is 15.8. The fraction of sp³-hybridized carbons (Fsp3) is 0.947. The first kappa shape index (κ1) is 21.4. The Labute approximate surface area is 139 Å². The third-order valence-corrected chi connectivity index (χ3v) is 3.86. The molecule has 0 bridgehead atoms. The van der Waals surface area contributed by atoms with E-state index in [0.717, 1.165) is 12.8 Å². The summed E-state index contributed by atoms with van der Waals surface area (Å²) >= 11 is 0. The van der Waals surface area contributed by atoms with Crippen LogP contribution in [0, 0.1) is 0 Å². The average molecular weight is 313 g/mol. The smallest absolute Gasteiger partial charge is 0.221 e. The van der Waals surface area contributed by atoms with Gasteiger partial charge in [-0.3, -0.25) is 10.1 Å². The van der Waals surface area contributed by atoms with Crippen LogP contribution in [0.25, 0.3) is 0 Å². The van der Waals surface area contributed by atoms with Crippen molar-refractivity contribution in [3.8, 4) is 0 Å². The molecule has 3 heteroatoms. The topological polar surface area (TPSA) is 41.1 Å². The number of carbonyl (C=O) groups excluding carboxylic acids is 1. The minimum atomic E-state index is 0.0335. The van der Waals surface area contributed by atoms with Gasteiger partial charge in [-0.05, 0) is 33.6 Å². The molecule has 0 aliphatic carbocycles. The Morgan fingerprint density at radius 2 is 1.36 bits per heavy atom. The van der Waals surface area contributed by atoms with Crippen molar-refractivity contribution in [1.82, 2.24) is 10.6 Å². The lowest BCUT2D eigenvalue weighted by Gasteiger charge is -2.28. The largest absolute Gasteiger partial charge is 0.341 e. The molecule has 1 unspecified atom stereocenters. The van der Waals surface area contributed by atoms with Gasteiger partial charge in [0.2, 0.25) is 5.91 Å². The summed E-state index contributed by atoms with van der Waals surface area (Å²) in [5.41, 5.74) is 0.0335. The third-order valence-electron chi connectivity index (χ3n) is 3.86. The van der Waals surface area contributed by atoms with Gasteiger partial charge < -0.3 is 5.32 Å². The molecule has 2 N–H and O–H groups in total. The quantitative estimate of drug-likeness (QED) is 0.365. The minimum Gasteiger partial charge on any atom is -0.341 e. The molecular formula is C19H40N2O. The molecule has 132 valence electrons. The van der Waals surface area contributed by atoms with E-state index in [-0.39, 0.29) is 17.6 Å². The van der Waals surface area contributed by atoms with Crippen molar-refractivity contribution in [2.45, 2.75) is 117 Å². The molecule has 1 amide bonds. The van der Waals surface area contributed by atoms with Crippen molar-refractivity contribution in [2.75, 3.05) is 0 Å². The molecule has 22 heavy (non-hydrogen) atoms. The van der Waals surface area contributed by atoms with Crippen LogP contribution in [0.2, 0.25) is 0 Å². The van der Waals surface area contributed by atoms with Crippen molar-refractivity contribution in [3.05, 3.63) is 0 Å². The van der Waals surface area contributed by atoms with E-state index in [1.807, 2.05) is 0 Å². The van der Waals surface area contributed by atoms with Crippen molar-refractivity contribution in [3.63, 3.8) is 0 Å². The van der Waals surface area contributed by atoms with Gasteiger partial charge in [0.1, 0.15) is 0 Å².